The fourth-order valence-corrected chi connectivity index (χ4v) is 1.75. The van der Waals surface area contributed by atoms with Crippen LogP contribution in [-0.2, 0) is 0 Å². The van der Waals surface area contributed by atoms with Crippen LogP contribution in [0.15, 0.2) is 42.9 Å². The van der Waals surface area contributed by atoms with Crippen molar-refractivity contribution in [2.75, 3.05) is 6.61 Å². The van der Waals surface area contributed by atoms with Gasteiger partial charge in [-0.3, -0.25) is 4.98 Å². The zero-order valence-electron chi connectivity index (χ0n) is 10.9. The molecular weight excluding hydrogens is 252 g/mol. The third-order valence-electron chi connectivity index (χ3n) is 2.61. The van der Waals surface area contributed by atoms with Crippen molar-refractivity contribution >= 4 is 5.65 Å². The lowest BCUT2D eigenvalue weighted by molar-refractivity contribution is 0.355. The van der Waals surface area contributed by atoms with Gasteiger partial charge in [0, 0.05) is 36.3 Å². The van der Waals surface area contributed by atoms with Crippen LogP contribution in [0, 0.1) is 18.8 Å². The normalized spacial score (nSPS) is 10.1. The van der Waals surface area contributed by atoms with E-state index in [9.17, 15) is 0 Å². The summed E-state index contributed by atoms with van der Waals surface area (Å²) in [4.78, 5) is 8.33. The summed E-state index contributed by atoms with van der Waals surface area (Å²) in [6, 6.07) is 7.42. The van der Waals surface area contributed by atoms with Crippen molar-refractivity contribution in [1.82, 2.24) is 19.6 Å². The van der Waals surface area contributed by atoms with Gasteiger partial charge in [0.25, 0.3) is 0 Å². The predicted octanol–water partition coefficient (Wildman–Crippen LogP) is 1.86. The minimum Gasteiger partial charge on any atom is -0.464 e. The van der Waals surface area contributed by atoms with E-state index in [1.807, 2.05) is 31.3 Å². The van der Waals surface area contributed by atoms with Crippen LogP contribution in [0.4, 0.5) is 0 Å². The Morgan fingerprint density at radius 1 is 1.35 bits per heavy atom. The van der Waals surface area contributed by atoms with E-state index in [-0.39, 0.29) is 6.61 Å². The second-order valence-corrected chi connectivity index (χ2v) is 4.19. The maximum atomic E-state index is 5.50. The van der Waals surface area contributed by atoms with Crippen LogP contribution in [0.5, 0.6) is 5.88 Å². The van der Waals surface area contributed by atoms with Gasteiger partial charge in [-0.05, 0) is 19.1 Å². The highest BCUT2D eigenvalue weighted by atomic mass is 16.5. The Morgan fingerprint density at radius 3 is 3.15 bits per heavy atom. The third-order valence-corrected chi connectivity index (χ3v) is 2.61. The Bertz CT molecular complexity index is 784. The molecule has 3 rings (SSSR count). The lowest BCUT2D eigenvalue weighted by Crippen LogP contribution is -1.98. The van der Waals surface area contributed by atoms with Crippen LogP contribution in [0.25, 0.3) is 5.65 Å². The maximum absolute atomic E-state index is 5.50. The first-order valence-electron chi connectivity index (χ1n) is 6.16. The standard InChI is InChI=1S/C15H12N4O/c1-12-10-14-17-15(6-8-19(14)18-12)20-9-3-5-13-4-2-7-16-11-13/h2,4,6-8,10-11H,9H2,1H3. The average molecular weight is 264 g/mol. The molecule has 5 nitrogen and oxygen atoms in total. The summed E-state index contributed by atoms with van der Waals surface area (Å²) in [7, 11) is 0. The summed E-state index contributed by atoms with van der Waals surface area (Å²) >= 11 is 0. The van der Waals surface area contributed by atoms with Gasteiger partial charge in [-0.15, -0.1) is 0 Å². The molecule has 5 heteroatoms. The minimum atomic E-state index is 0.283. The summed E-state index contributed by atoms with van der Waals surface area (Å²) in [5.41, 5.74) is 2.55. The Balaban J connectivity index is 1.67. The van der Waals surface area contributed by atoms with Crippen molar-refractivity contribution in [1.29, 1.82) is 0 Å². The van der Waals surface area contributed by atoms with E-state index < -0.39 is 0 Å². The number of ether oxygens (including phenoxy) is 1. The molecule has 0 aliphatic carbocycles. The molecule has 0 unspecified atom stereocenters. The molecule has 3 aromatic rings. The highest BCUT2D eigenvalue weighted by molar-refractivity contribution is 5.40. The van der Waals surface area contributed by atoms with E-state index in [4.69, 9.17) is 4.74 Å². The number of aromatic nitrogens is 4. The van der Waals surface area contributed by atoms with Crippen molar-refractivity contribution in [3.05, 3.63) is 54.1 Å². The lowest BCUT2D eigenvalue weighted by Gasteiger charge is -2.00. The molecular formula is C15H12N4O. The third kappa shape index (κ3) is 2.75. The second-order valence-electron chi connectivity index (χ2n) is 4.19. The molecule has 3 aromatic heterocycles. The molecule has 3 heterocycles. The van der Waals surface area contributed by atoms with E-state index in [1.165, 1.54) is 0 Å². The first kappa shape index (κ1) is 12.2. The molecule has 0 aliphatic heterocycles. The van der Waals surface area contributed by atoms with Crippen molar-refractivity contribution in [3.8, 4) is 17.7 Å². The van der Waals surface area contributed by atoms with E-state index in [0.717, 1.165) is 16.9 Å². The van der Waals surface area contributed by atoms with Crippen LogP contribution >= 0.6 is 0 Å². The summed E-state index contributed by atoms with van der Waals surface area (Å²) in [6.07, 6.45) is 5.25. The Labute approximate surface area is 116 Å². The highest BCUT2D eigenvalue weighted by Gasteiger charge is 2.00. The molecule has 0 saturated carbocycles. The van der Waals surface area contributed by atoms with E-state index in [0.29, 0.717) is 5.88 Å². The first-order chi connectivity index (χ1) is 9.81. The molecule has 0 spiro atoms. The summed E-state index contributed by atoms with van der Waals surface area (Å²) < 4.78 is 7.21. The van der Waals surface area contributed by atoms with Crippen LogP contribution in [-0.4, -0.2) is 26.2 Å². The number of rotatable bonds is 2. The zero-order chi connectivity index (χ0) is 13.8. The SMILES string of the molecule is Cc1cc2nc(OCC#Cc3cccnc3)ccn2n1. The van der Waals surface area contributed by atoms with E-state index in [1.54, 1.807) is 23.0 Å². The number of hydrogen-bond acceptors (Lipinski definition) is 4. The number of nitrogens with zero attached hydrogens (tertiary/aromatic N) is 4. The lowest BCUT2D eigenvalue weighted by atomic mass is 10.3. The van der Waals surface area contributed by atoms with E-state index in [2.05, 4.69) is 26.9 Å². The Morgan fingerprint density at radius 2 is 2.30 bits per heavy atom. The quantitative estimate of drug-likeness (QED) is 0.663. The van der Waals surface area contributed by atoms with Gasteiger partial charge < -0.3 is 4.74 Å². The number of aryl methyl sites for hydroxylation is 1. The molecule has 0 bridgehead atoms. The molecule has 0 N–H and O–H groups in total. The molecule has 20 heavy (non-hydrogen) atoms. The number of pyridine rings is 1. The number of fused-ring (bicyclic) bond motifs is 1. The van der Waals surface area contributed by atoms with Crippen molar-refractivity contribution in [2.45, 2.75) is 6.92 Å². The van der Waals surface area contributed by atoms with Gasteiger partial charge in [0.15, 0.2) is 12.3 Å². The molecule has 0 fully saturated rings. The van der Waals surface area contributed by atoms with Crippen LogP contribution in [0.1, 0.15) is 11.3 Å². The largest absolute Gasteiger partial charge is 0.464 e. The molecule has 0 aromatic carbocycles. The monoisotopic (exact) mass is 264 g/mol. The summed E-state index contributed by atoms with van der Waals surface area (Å²) in [5.74, 6) is 6.44. The maximum Gasteiger partial charge on any atom is 0.217 e. The Kier molecular flexibility index (Phi) is 3.29. The molecule has 0 atom stereocenters. The van der Waals surface area contributed by atoms with Gasteiger partial charge in [-0.1, -0.05) is 11.8 Å². The summed E-state index contributed by atoms with van der Waals surface area (Å²) in [5, 5.41) is 4.25. The first-order valence-corrected chi connectivity index (χ1v) is 6.16. The van der Waals surface area contributed by atoms with Crippen molar-refractivity contribution in [3.63, 3.8) is 0 Å². The van der Waals surface area contributed by atoms with Gasteiger partial charge >= 0.3 is 0 Å². The fraction of sp³-hybridized carbons (Fsp3) is 0.133. The van der Waals surface area contributed by atoms with Crippen molar-refractivity contribution < 1.29 is 4.74 Å². The van der Waals surface area contributed by atoms with Gasteiger partial charge in [0.2, 0.25) is 5.88 Å². The van der Waals surface area contributed by atoms with Crippen LogP contribution in [0.3, 0.4) is 0 Å². The highest BCUT2D eigenvalue weighted by Crippen LogP contribution is 2.09. The molecule has 0 aliphatic rings. The number of hydrogen-bond donors (Lipinski definition) is 0. The topological polar surface area (TPSA) is 52.3 Å². The second kappa shape index (κ2) is 5.41. The zero-order valence-corrected chi connectivity index (χ0v) is 10.9. The Hall–Kier alpha value is -2.87. The molecule has 0 radical (unpaired) electrons. The summed E-state index contributed by atoms with van der Waals surface area (Å²) in [6.45, 7) is 2.21. The van der Waals surface area contributed by atoms with Crippen LogP contribution in [0.2, 0.25) is 0 Å². The molecule has 0 amide bonds. The van der Waals surface area contributed by atoms with Gasteiger partial charge in [0.05, 0.1) is 5.69 Å². The predicted molar refractivity (Wildman–Crippen MR) is 74.3 cm³/mol. The van der Waals surface area contributed by atoms with Gasteiger partial charge in [-0.25, -0.2) is 4.52 Å². The van der Waals surface area contributed by atoms with Crippen molar-refractivity contribution in [2.24, 2.45) is 0 Å². The van der Waals surface area contributed by atoms with Gasteiger partial charge in [0.1, 0.15) is 0 Å². The minimum absolute atomic E-state index is 0.283. The van der Waals surface area contributed by atoms with E-state index >= 15 is 0 Å². The fourth-order valence-electron chi connectivity index (χ4n) is 1.75. The molecule has 98 valence electrons. The molecule has 0 saturated heterocycles. The van der Waals surface area contributed by atoms with Crippen LogP contribution < -0.4 is 4.74 Å². The smallest absolute Gasteiger partial charge is 0.217 e. The average Bonchev–Trinajstić information content (AvgIpc) is 2.84. The van der Waals surface area contributed by atoms with Gasteiger partial charge in [-0.2, -0.15) is 10.1 Å².